The van der Waals surface area contributed by atoms with E-state index in [2.05, 4.69) is 15.3 Å². The van der Waals surface area contributed by atoms with Gasteiger partial charge < -0.3 is 5.32 Å². The molecule has 0 saturated carbocycles. The summed E-state index contributed by atoms with van der Waals surface area (Å²) in [5.41, 5.74) is 0.00923. The number of aromatic amines is 1. The number of rotatable bonds is 3. The highest BCUT2D eigenvalue weighted by atomic mass is 19.4. The number of aromatic nitrogens is 3. The van der Waals surface area contributed by atoms with Crippen LogP contribution in [-0.2, 0) is 17.5 Å². The van der Waals surface area contributed by atoms with Gasteiger partial charge in [-0.25, -0.2) is 9.78 Å². The maximum Gasteiger partial charge on any atom is 0.416 e. The number of likely N-dealkylation sites (N-methyl/N-ethyl adjacent to an activating group) is 1. The lowest BCUT2D eigenvalue weighted by molar-refractivity contribution is -0.137. The van der Waals surface area contributed by atoms with E-state index < -0.39 is 17.4 Å². The van der Waals surface area contributed by atoms with Crippen LogP contribution in [-0.4, -0.2) is 27.5 Å². The zero-order valence-corrected chi connectivity index (χ0v) is 13.0. The molecule has 1 aromatic carbocycles. The van der Waals surface area contributed by atoms with E-state index in [0.717, 1.165) is 12.1 Å². The molecule has 25 heavy (non-hydrogen) atoms. The lowest BCUT2D eigenvalue weighted by Gasteiger charge is -2.09. The van der Waals surface area contributed by atoms with Crippen molar-refractivity contribution < 1.29 is 18.0 Å². The van der Waals surface area contributed by atoms with Gasteiger partial charge in [-0.15, -0.1) is 0 Å². The van der Waals surface area contributed by atoms with Crippen molar-refractivity contribution >= 4 is 17.1 Å². The van der Waals surface area contributed by atoms with Crippen molar-refractivity contribution in [1.29, 1.82) is 0 Å². The van der Waals surface area contributed by atoms with Crippen LogP contribution in [0.2, 0.25) is 0 Å². The number of carbonyl (C=O) groups excluding carboxylic acids is 1. The summed E-state index contributed by atoms with van der Waals surface area (Å²) in [5, 5.41) is 2.41. The zero-order chi connectivity index (χ0) is 18.2. The first-order valence-electron chi connectivity index (χ1n) is 7.26. The fourth-order valence-electron chi connectivity index (χ4n) is 2.45. The highest BCUT2D eigenvalue weighted by Gasteiger charge is 2.30. The predicted octanol–water partition coefficient (Wildman–Crippen LogP) is 2.16. The average molecular weight is 350 g/mol. The number of pyridine rings is 1. The van der Waals surface area contributed by atoms with Crippen molar-refractivity contribution in [3.8, 4) is 11.1 Å². The standard InChI is InChI=1S/C16H13F3N4O2/c1-20-13(24)8-23-12-6-10(7-21-14(12)22-15(23)25)9-3-2-4-11(5-9)16(17,18)19/h2-7H,8H2,1H3,(H,20,24)(H,21,22,25). The van der Waals surface area contributed by atoms with E-state index in [1.807, 2.05) is 0 Å². The molecule has 0 atom stereocenters. The third-order valence-electron chi connectivity index (χ3n) is 3.73. The molecule has 0 unspecified atom stereocenters. The molecule has 130 valence electrons. The molecule has 0 saturated heterocycles. The molecule has 3 rings (SSSR count). The van der Waals surface area contributed by atoms with Crippen molar-refractivity contribution in [2.75, 3.05) is 7.05 Å². The molecule has 0 radical (unpaired) electrons. The SMILES string of the molecule is CNC(=O)Cn1c(=O)[nH]c2ncc(-c3cccc(C(F)(F)F)c3)cc21. The van der Waals surface area contributed by atoms with E-state index >= 15 is 0 Å². The number of carbonyl (C=O) groups is 1. The zero-order valence-electron chi connectivity index (χ0n) is 13.0. The van der Waals surface area contributed by atoms with Gasteiger partial charge in [0.15, 0.2) is 5.65 Å². The van der Waals surface area contributed by atoms with Gasteiger partial charge in [0.05, 0.1) is 11.1 Å². The van der Waals surface area contributed by atoms with Crippen LogP contribution in [0.15, 0.2) is 41.3 Å². The topological polar surface area (TPSA) is 79.8 Å². The van der Waals surface area contributed by atoms with Crippen LogP contribution < -0.4 is 11.0 Å². The fourth-order valence-corrected chi connectivity index (χ4v) is 2.45. The summed E-state index contributed by atoms with van der Waals surface area (Å²) in [7, 11) is 1.44. The van der Waals surface area contributed by atoms with Gasteiger partial charge >= 0.3 is 11.9 Å². The number of halogens is 3. The number of hydrogen-bond donors (Lipinski definition) is 2. The highest BCUT2D eigenvalue weighted by molar-refractivity contribution is 5.81. The number of nitrogens with one attached hydrogen (secondary N) is 2. The summed E-state index contributed by atoms with van der Waals surface area (Å²) in [5.74, 6) is -0.382. The molecule has 2 aromatic heterocycles. The number of amides is 1. The Morgan fingerprint density at radius 3 is 2.72 bits per heavy atom. The molecular formula is C16H13F3N4O2. The Labute approximate surface area is 139 Å². The Kier molecular flexibility index (Phi) is 4.07. The lowest BCUT2D eigenvalue weighted by atomic mass is 10.0. The number of nitrogens with zero attached hydrogens (tertiary/aromatic N) is 2. The summed E-state index contributed by atoms with van der Waals surface area (Å²) >= 11 is 0. The van der Waals surface area contributed by atoms with Crippen LogP contribution in [0, 0.1) is 0 Å². The van der Waals surface area contributed by atoms with Crippen LogP contribution in [0.4, 0.5) is 13.2 Å². The van der Waals surface area contributed by atoms with Gasteiger partial charge in [-0.2, -0.15) is 13.2 Å². The predicted molar refractivity (Wildman–Crippen MR) is 84.9 cm³/mol. The molecule has 0 spiro atoms. The van der Waals surface area contributed by atoms with Crippen molar-refractivity contribution in [1.82, 2.24) is 19.9 Å². The number of benzene rings is 1. The molecule has 2 heterocycles. The van der Waals surface area contributed by atoms with Gasteiger partial charge in [0.1, 0.15) is 6.54 Å². The van der Waals surface area contributed by atoms with Crippen LogP contribution in [0.25, 0.3) is 22.3 Å². The van der Waals surface area contributed by atoms with Crippen molar-refractivity contribution in [2.45, 2.75) is 12.7 Å². The first-order chi connectivity index (χ1) is 11.8. The fraction of sp³-hybridized carbons (Fsp3) is 0.188. The monoisotopic (exact) mass is 350 g/mol. The average Bonchev–Trinajstić information content (AvgIpc) is 2.89. The molecule has 1 amide bonds. The van der Waals surface area contributed by atoms with Crippen LogP contribution >= 0.6 is 0 Å². The van der Waals surface area contributed by atoms with Gasteiger partial charge in [-0.05, 0) is 23.8 Å². The normalized spacial score (nSPS) is 11.7. The molecule has 6 nitrogen and oxygen atoms in total. The summed E-state index contributed by atoms with van der Waals surface area (Å²) in [6.07, 6.45) is -3.08. The first kappa shape index (κ1) is 16.7. The molecule has 2 N–H and O–H groups in total. The Balaban J connectivity index is 2.11. The molecule has 0 aliphatic heterocycles. The molecule has 0 aliphatic rings. The Morgan fingerprint density at radius 2 is 2.04 bits per heavy atom. The second-order valence-corrected chi connectivity index (χ2v) is 5.36. The first-order valence-corrected chi connectivity index (χ1v) is 7.26. The third kappa shape index (κ3) is 3.25. The number of fused-ring (bicyclic) bond motifs is 1. The van der Waals surface area contributed by atoms with E-state index in [9.17, 15) is 22.8 Å². The quantitative estimate of drug-likeness (QED) is 0.760. The number of imidazole rings is 1. The van der Waals surface area contributed by atoms with E-state index in [4.69, 9.17) is 0 Å². The van der Waals surface area contributed by atoms with Gasteiger partial charge in [0.25, 0.3) is 0 Å². The smallest absolute Gasteiger partial charge is 0.358 e. The third-order valence-corrected chi connectivity index (χ3v) is 3.73. The molecular weight excluding hydrogens is 337 g/mol. The minimum Gasteiger partial charge on any atom is -0.358 e. The highest BCUT2D eigenvalue weighted by Crippen LogP contribution is 2.32. The van der Waals surface area contributed by atoms with Crippen LogP contribution in [0.3, 0.4) is 0 Å². The summed E-state index contributed by atoms with van der Waals surface area (Å²) < 4.78 is 39.8. The molecule has 9 heteroatoms. The van der Waals surface area contributed by atoms with Crippen molar-refractivity contribution in [3.05, 3.63) is 52.6 Å². The second-order valence-electron chi connectivity index (χ2n) is 5.36. The van der Waals surface area contributed by atoms with E-state index in [1.165, 1.54) is 36.0 Å². The molecule has 3 aromatic rings. The minimum absolute atomic E-state index is 0.219. The maximum atomic E-state index is 12.9. The Bertz CT molecular complexity index is 1000. The Hall–Kier alpha value is -3.10. The lowest BCUT2D eigenvalue weighted by Crippen LogP contribution is -2.28. The van der Waals surface area contributed by atoms with Crippen molar-refractivity contribution in [3.63, 3.8) is 0 Å². The molecule has 0 aliphatic carbocycles. The van der Waals surface area contributed by atoms with E-state index in [0.29, 0.717) is 16.6 Å². The van der Waals surface area contributed by atoms with Gasteiger partial charge in [-0.3, -0.25) is 14.3 Å². The maximum absolute atomic E-state index is 12.9. The summed E-state index contributed by atoms with van der Waals surface area (Å²) in [6.45, 7) is -0.219. The Morgan fingerprint density at radius 1 is 1.28 bits per heavy atom. The number of H-pyrrole nitrogens is 1. The van der Waals surface area contributed by atoms with Gasteiger partial charge in [0, 0.05) is 18.8 Å². The van der Waals surface area contributed by atoms with Crippen molar-refractivity contribution in [2.24, 2.45) is 0 Å². The van der Waals surface area contributed by atoms with E-state index in [-0.39, 0.29) is 18.1 Å². The second kappa shape index (κ2) is 6.08. The van der Waals surface area contributed by atoms with Crippen LogP contribution in [0.1, 0.15) is 5.56 Å². The van der Waals surface area contributed by atoms with E-state index in [1.54, 1.807) is 0 Å². The number of hydrogen-bond acceptors (Lipinski definition) is 3. The summed E-state index contributed by atoms with van der Waals surface area (Å²) in [4.78, 5) is 30.1. The minimum atomic E-state index is -4.46. The summed E-state index contributed by atoms with van der Waals surface area (Å²) in [6, 6.07) is 6.34. The largest absolute Gasteiger partial charge is 0.416 e. The van der Waals surface area contributed by atoms with Gasteiger partial charge in [0.2, 0.25) is 5.91 Å². The van der Waals surface area contributed by atoms with Crippen LogP contribution in [0.5, 0.6) is 0 Å². The number of alkyl halides is 3. The molecule has 0 fully saturated rings. The van der Waals surface area contributed by atoms with Gasteiger partial charge in [-0.1, -0.05) is 12.1 Å². The molecule has 0 bridgehead atoms.